The molecule has 33 heavy (non-hydrogen) atoms. The average molecular weight is 448 g/mol. The second kappa shape index (κ2) is 8.30. The van der Waals surface area contributed by atoms with Crippen molar-refractivity contribution in [2.45, 2.75) is 25.5 Å². The highest BCUT2D eigenvalue weighted by Gasteiger charge is 2.30. The summed E-state index contributed by atoms with van der Waals surface area (Å²) in [5.74, 6) is 1.27. The smallest absolute Gasteiger partial charge is 0.275 e. The molecule has 0 spiro atoms. The minimum atomic E-state index is -0.781. The van der Waals surface area contributed by atoms with Gasteiger partial charge >= 0.3 is 0 Å². The van der Waals surface area contributed by atoms with Crippen molar-refractivity contribution in [2.75, 3.05) is 7.11 Å². The van der Waals surface area contributed by atoms with Crippen LogP contribution in [0.2, 0.25) is 0 Å². The van der Waals surface area contributed by atoms with Gasteiger partial charge in [-0.2, -0.15) is 0 Å². The first-order chi connectivity index (χ1) is 16.0. The molecule has 2 aromatic carbocycles. The predicted octanol–water partition coefficient (Wildman–Crippen LogP) is 2.55. The van der Waals surface area contributed by atoms with Crippen LogP contribution < -0.4 is 20.3 Å². The summed E-state index contributed by atoms with van der Waals surface area (Å²) >= 11 is 0. The van der Waals surface area contributed by atoms with Crippen molar-refractivity contribution in [1.29, 1.82) is 0 Å². The Morgan fingerprint density at radius 3 is 2.73 bits per heavy atom. The van der Waals surface area contributed by atoms with Crippen LogP contribution in [0.5, 0.6) is 11.5 Å². The summed E-state index contributed by atoms with van der Waals surface area (Å²) in [4.78, 5) is 40.8. The number of piperidine rings is 1. The molecular weight excluding hydrogens is 428 g/mol. The molecule has 1 unspecified atom stereocenters. The van der Waals surface area contributed by atoms with E-state index >= 15 is 0 Å². The van der Waals surface area contributed by atoms with E-state index in [2.05, 4.69) is 15.4 Å². The lowest BCUT2D eigenvalue weighted by Gasteiger charge is -2.20. The Balaban J connectivity index is 1.36. The van der Waals surface area contributed by atoms with Crippen molar-refractivity contribution in [2.24, 2.45) is 0 Å². The minimum Gasteiger partial charge on any atom is -0.497 e. The number of nitrogens with one attached hydrogen (secondary N) is 2. The van der Waals surface area contributed by atoms with E-state index in [0.717, 1.165) is 11.3 Å². The van der Waals surface area contributed by atoms with E-state index in [9.17, 15) is 14.4 Å². The second-order valence-corrected chi connectivity index (χ2v) is 7.58. The summed E-state index contributed by atoms with van der Waals surface area (Å²) in [6.07, 6.45) is 2.00. The van der Waals surface area contributed by atoms with Crippen LogP contribution in [0.15, 0.2) is 57.9 Å². The number of oxazole rings is 1. The van der Waals surface area contributed by atoms with Crippen molar-refractivity contribution in [1.82, 2.24) is 20.1 Å². The van der Waals surface area contributed by atoms with Crippen LogP contribution in [0.4, 0.5) is 0 Å². The van der Waals surface area contributed by atoms with Gasteiger partial charge in [0, 0.05) is 12.0 Å². The second-order valence-electron chi connectivity index (χ2n) is 7.58. The van der Waals surface area contributed by atoms with Crippen molar-refractivity contribution in [3.63, 3.8) is 0 Å². The number of rotatable bonds is 6. The zero-order valence-corrected chi connectivity index (χ0v) is 17.7. The first-order valence-electron chi connectivity index (χ1n) is 10.3. The minimum absolute atomic E-state index is 0.0912. The molecule has 1 saturated heterocycles. The number of carbonyl (C=O) groups excluding carboxylic acids is 2. The van der Waals surface area contributed by atoms with Crippen LogP contribution in [0.3, 0.4) is 0 Å². The van der Waals surface area contributed by atoms with Gasteiger partial charge in [0.05, 0.1) is 18.7 Å². The molecule has 5 rings (SSSR count). The molecule has 3 heterocycles. The molecule has 0 bridgehead atoms. The lowest BCUT2D eigenvalue weighted by Crippen LogP contribution is -2.44. The number of imide groups is 1. The monoisotopic (exact) mass is 448 g/mol. The van der Waals surface area contributed by atoms with E-state index < -0.39 is 11.9 Å². The van der Waals surface area contributed by atoms with E-state index in [1.54, 1.807) is 31.5 Å². The van der Waals surface area contributed by atoms with Gasteiger partial charge in [0.15, 0.2) is 5.76 Å². The van der Waals surface area contributed by atoms with E-state index in [4.69, 9.17) is 13.9 Å². The highest BCUT2D eigenvalue weighted by Crippen LogP contribution is 2.26. The van der Waals surface area contributed by atoms with Crippen LogP contribution in [-0.4, -0.2) is 33.7 Å². The third kappa shape index (κ3) is 3.86. The first kappa shape index (κ1) is 20.6. The number of hydrogen-bond acceptors (Lipinski definition) is 7. The van der Waals surface area contributed by atoms with Gasteiger partial charge in [-0.25, -0.2) is 9.67 Å². The topological polar surface area (TPSA) is 128 Å². The first-order valence-corrected chi connectivity index (χ1v) is 10.3. The molecule has 10 heteroatoms. The number of nitrogens with zero attached hydrogens (tertiary/aromatic N) is 2. The fourth-order valence-corrected chi connectivity index (χ4v) is 3.78. The van der Waals surface area contributed by atoms with Gasteiger partial charge < -0.3 is 13.9 Å². The number of aromatic amines is 1. The fourth-order valence-electron chi connectivity index (χ4n) is 3.78. The Bertz CT molecular complexity index is 1400. The van der Waals surface area contributed by atoms with E-state index in [-0.39, 0.29) is 30.9 Å². The van der Waals surface area contributed by atoms with Gasteiger partial charge in [0.25, 0.3) is 11.5 Å². The lowest BCUT2D eigenvalue weighted by atomic mass is 10.1. The maximum Gasteiger partial charge on any atom is 0.275 e. The summed E-state index contributed by atoms with van der Waals surface area (Å²) in [5.41, 5.74) is 0.906. The molecule has 2 N–H and O–H groups in total. The number of benzene rings is 2. The normalized spacial score (nSPS) is 16.1. The number of fused-ring (bicyclic) bond motifs is 1. The van der Waals surface area contributed by atoms with Crippen LogP contribution in [0.1, 0.15) is 24.6 Å². The van der Waals surface area contributed by atoms with Crippen molar-refractivity contribution in [3.8, 4) is 23.0 Å². The van der Waals surface area contributed by atoms with E-state index in [1.807, 2.05) is 24.3 Å². The Hall–Kier alpha value is -4.34. The summed E-state index contributed by atoms with van der Waals surface area (Å²) < 4.78 is 18.1. The zero-order chi connectivity index (χ0) is 22.9. The molecule has 1 atom stereocenters. The Kier molecular flexibility index (Phi) is 5.17. The highest BCUT2D eigenvalue weighted by molar-refractivity contribution is 5.99. The number of aromatic nitrogens is 3. The molecular formula is C23H20N4O6. The van der Waals surface area contributed by atoms with Gasteiger partial charge in [-0.1, -0.05) is 6.07 Å². The van der Waals surface area contributed by atoms with Crippen LogP contribution in [0, 0.1) is 0 Å². The maximum absolute atomic E-state index is 12.9. The third-order valence-corrected chi connectivity index (χ3v) is 5.49. The molecule has 0 radical (unpaired) electrons. The van der Waals surface area contributed by atoms with Crippen LogP contribution in [0.25, 0.3) is 22.4 Å². The van der Waals surface area contributed by atoms with Gasteiger partial charge in [-0.3, -0.25) is 24.8 Å². The number of carbonyl (C=O) groups is 2. The van der Waals surface area contributed by atoms with Gasteiger partial charge in [-0.15, -0.1) is 0 Å². The molecule has 4 aromatic rings. The molecule has 2 aromatic heterocycles. The predicted molar refractivity (Wildman–Crippen MR) is 117 cm³/mol. The molecule has 1 aliphatic heterocycles. The molecule has 168 valence electrons. The zero-order valence-electron chi connectivity index (χ0n) is 17.7. The van der Waals surface area contributed by atoms with Gasteiger partial charge in [0.2, 0.25) is 11.8 Å². The SMILES string of the molecule is COc1ccc(-c2ncc(COc3cccc4c(=O)n(C5CCC(=O)NC5=O)[nH]c34)o2)cc1. The molecule has 2 amide bonds. The lowest BCUT2D eigenvalue weighted by molar-refractivity contribution is -0.136. The summed E-state index contributed by atoms with van der Waals surface area (Å²) in [7, 11) is 1.60. The molecule has 10 nitrogen and oxygen atoms in total. The van der Waals surface area contributed by atoms with Gasteiger partial charge in [-0.05, 0) is 42.8 Å². The maximum atomic E-state index is 12.9. The highest BCUT2D eigenvalue weighted by atomic mass is 16.5. The number of methoxy groups -OCH3 is 1. The molecule has 1 aliphatic rings. The van der Waals surface area contributed by atoms with Crippen LogP contribution >= 0.6 is 0 Å². The van der Waals surface area contributed by atoms with E-state index in [0.29, 0.717) is 28.3 Å². The Labute approximate surface area is 187 Å². The van der Waals surface area contributed by atoms with Crippen molar-refractivity contribution < 1.29 is 23.5 Å². The number of H-pyrrole nitrogens is 1. The Morgan fingerprint density at radius 2 is 1.97 bits per heavy atom. The fraction of sp³-hybridized carbons (Fsp3) is 0.217. The van der Waals surface area contributed by atoms with Gasteiger partial charge in [0.1, 0.15) is 29.7 Å². The number of para-hydroxylation sites is 1. The quantitative estimate of drug-likeness (QED) is 0.434. The van der Waals surface area contributed by atoms with Crippen molar-refractivity contribution in [3.05, 3.63) is 64.8 Å². The van der Waals surface area contributed by atoms with Crippen LogP contribution in [-0.2, 0) is 16.2 Å². The number of hydrogen-bond donors (Lipinski definition) is 2. The number of amides is 2. The molecule has 0 aliphatic carbocycles. The standard InChI is InChI=1S/C23H20N4O6/c1-31-14-7-5-13(6-8-14)22-24-11-15(33-22)12-32-18-4-2-3-16-20(18)26-27(23(16)30)17-9-10-19(28)25-21(17)29/h2-8,11,17,26H,9-10,12H2,1H3,(H,25,28,29). The average Bonchev–Trinajstić information content (AvgIpc) is 3.43. The number of ether oxygens (including phenoxy) is 2. The largest absolute Gasteiger partial charge is 0.497 e. The summed E-state index contributed by atoms with van der Waals surface area (Å²) in [6, 6.07) is 11.6. The third-order valence-electron chi connectivity index (χ3n) is 5.49. The summed E-state index contributed by atoms with van der Waals surface area (Å²) in [5, 5.41) is 5.63. The molecule has 0 saturated carbocycles. The van der Waals surface area contributed by atoms with E-state index in [1.165, 1.54) is 4.68 Å². The Morgan fingerprint density at radius 1 is 1.15 bits per heavy atom. The molecule has 1 fully saturated rings. The van der Waals surface area contributed by atoms with Crippen molar-refractivity contribution >= 4 is 22.7 Å². The summed E-state index contributed by atoms with van der Waals surface area (Å²) in [6.45, 7) is 0.0912.